The number of ether oxygens (including phenoxy) is 1. The summed E-state index contributed by atoms with van der Waals surface area (Å²) in [6, 6.07) is 9.67. The molecular formula is C13H8BrCl2FO. The maximum Gasteiger partial charge on any atom is 0.130 e. The summed E-state index contributed by atoms with van der Waals surface area (Å²) in [5.74, 6) is 0.187. The number of halogens is 4. The Hall–Kier alpha value is -0.770. The Morgan fingerprint density at radius 2 is 1.72 bits per heavy atom. The molecule has 0 saturated heterocycles. The molecule has 1 nitrogen and oxygen atoms in total. The van der Waals surface area contributed by atoms with Gasteiger partial charge in [0.1, 0.15) is 18.2 Å². The Labute approximate surface area is 123 Å². The summed E-state index contributed by atoms with van der Waals surface area (Å²) < 4.78 is 19.7. The second-order valence-electron chi connectivity index (χ2n) is 3.63. The van der Waals surface area contributed by atoms with E-state index in [9.17, 15) is 4.39 Å². The standard InChI is InChI=1S/C13H8BrCl2FO/c14-9-2-1-8(13(17)3-9)7-18-12-5-10(15)4-11(16)6-12/h1-6H,7H2. The van der Waals surface area contributed by atoms with Crippen molar-refractivity contribution in [3.63, 3.8) is 0 Å². The predicted octanol–water partition coefficient (Wildman–Crippen LogP) is 5.47. The third-order valence-electron chi connectivity index (χ3n) is 2.25. The Balaban J connectivity index is 2.11. The monoisotopic (exact) mass is 348 g/mol. The lowest BCUT2D eigenvalue weighted by Gasteiger charge is -2.08. The summed E-state index contributed by atoms with van der Waals surface area (Å²) in [6.45, 7) is 0.121. The quantitative estimate of drug-likeness (QED) is 0.713. The average molecular weight is 350 g/mol. The zero-order valence-corrected chi connectivity index (χ0v) is 12.2. The van der Waals surface area contributed by atoms with Gasteiger partial charge in [0.2, 0.25) is 0 Å². The van der Waals surface area contributed by atoms with E-state index in [1.807, 2.05) is 0 Å². The van der Waals surface area contributed by atoms with Gasteiger partial charge in [-0.1, -0.05) is 45.2 Å². The van der Waals surface area contributed by atoms with Crippen molar-refractivity contribution < 1.29 is 9.13 Å². The summed E-state index contributed by atoms with van der Waals surface area (Å²) in [6.07, 6.45) is 0. The van der Waals surface area contributed by atoms with Gasteiger partial charge in [-0.05, 0) is 30.3 Å². The molecule has 0 radical (unpaired) electrons. The van der Waals surface area contributed by atoms with Gasteiger partial charge >= 0.3 is 0 Å². The van der Waals surface area contributed by atoms with Crippen LogP contribution in [0.1, 0.15) is 5.56 Å². The summed E-state index contributed by atoms with van der Waals surface area (Å²) in [5.41, 5.74) is 0.467. The van der Waals surface area contributed by atoms with E-state index in [0.717, 1.165) is 0 Å². The molecule has 0 fully saturated rings. The molecule has 0 N–H and O–H groups in total. The van der Waals surface area contributed by atoms with Crippen molar-refractivity contribution in [1.82, 2.24) is 0 Å². The van der Waals surface area contributed by atoms with E-state index in [1.54, 1.807) is 30.3 Å². The van der Waals surface area contributed by atoms with Crippen LogP contribution < -0.4 is 4.74 Å². The van der Waals surface area contributed by atoms with Gasteiger partial charge in [-0.2, -0.15) is 0 Å². The smallest absolute Gasteiger partial charge is 0.130 e. The number of hydrogen-bond acceptors (Lipinski definition) is 1. The van der Waals surface area contributed by atoms with Crippen LogP contribution in [0.4, 0.5) is 4.39 Å². The highest BCUT2D eigenvalue weighted by atomic mass is 79.9. The van der Waals surface area contributed by atoms with Gasteiger partial charge in [0, 0.05) is 20.1 Å². The molecule has 0 aliphatic carbocycles. The van der Waals surface area contributed by atoms with Gasteiger partial charge in [-0.25, -0.2) is 4.39 Å². The summed E-state index contributed by atoms with van der Waals surface area (Å²) in [7, 11) is 0. The highest BCUT2D eigenvalue weighted by Crippen LogP contribution is 2.25. The first kappa shape index (κ1) is 13.7. The zero-order valence-electron chi connectivity index (χ0n) is 9.09. The first-order chi connectivity index (χ1) is 8.54. The maximum absolute atomic E-state index is 13.5. The molecule has 0 aliphatic heterocycles. The Bertz CT molecular complexity index is 555. The van der Waals surface area contributed by atoms with Crippen LogP contribution in [0.2, 0.25) is 10.0 Å². The molecule has 0 spiro atoms. The van der Waals surface area contributed by atoms with Crippen molar-refractivity contribution in [1.29, 1.82) is 0 Å². The van der Waals surface area contributed by atoms with Crippen molar-refractivity contribution >= 4 is 39.1 Å². The number of rotatable bonds is 3. The molecule has 2 aromatic rings. The van der Waals surface area contributed by atoms with Crippen LogP contribution in [-0.2, 0) is 6.61 Å². The highest BCUT2D eigenvalue weighted by Gasteiger charge is 2.05. The molecule has 2 aromatic carbocycles. The third kappa shape index (κ3) is 3.61. The minimum Gasteiger partial charge on any atom is -0.489 e. The Kier molecular flexibility index (Phi) is 4.49. The van der Waals surface area contributed by atoms with Crippen molar-refractivity contribution in [2.75, 3.05) is 0 Å². The topological polar surface area (TPSA) is 9.23 Å². The van der Waals surface area contributed by atoms with Gasteiger partial charge in [0.25, 0.3) is 0 Å². The van der Waals surface area contributed by atoms with Crippen molar-refractivity contribution in [3.8, 4) is 5.75 Å². The molecule has 0 bridgehead atoms. The van der Waals surface area contributed by atoms with Crippen LogP contribution >= 0.6 is 39.1 Å². The number of benzene rings is 2. The second-order valence-corrected chi connectivity index (χ2v) is 5.42. The van der Waals surface area contributed by atoms with E-state index in [4.69, 9.17) is 27.9 Å². The Morgan fingerprint density at radius 1 is 1.06 bits per heavy atom. The fourth-order valence-electron chi connectivity index (χ4n) is 1.41. The number of hydrogen-bond donors (Lipinski definition) is 0. The molecule has 0 saturated carbocycles. The summed E-state index contributed by atoms with van der Waals surface area (Å²) >= 11 is 14.9. The highest BCUT2D eigenvalue weighted by molar-refractivity contribution is 9.10. The molecule has 0 atom stereocenters. The summed E-state index contributed by atoms with van der Waals surface area (Å²) in [5, 5.41) is 0.961. The van der Waals surface area contributed by atoms with Gasteiger partial charge in [-0.3, -0.25) is 0 Å². The molecule has 0 aromatic heterocycles. The second kappa shape index (κ2) is 5.91. The molecule has 5 heteroatoms. The fourth-order valence-corrected chi connectivity index (χ4v) is 2.25. The molecule has 18 heavy (non-hydrogen) atoms. The SMILES string of the molecule is Fc1cc(Br)ccc1COc1cc(Cl)cc(Cl)c1. The normalized spacial score (nSPS) is 10.4. The van der Waals surface area contributed by atoms with Crippen molar-refractivity contribution in [2.24, 2.45) is 0 Å². The molecule has 94 valence electrons. The van der Waals surface area contributed by atoms with Crippen LogP contribution in [0.5, 0.6) is 5.75 Å². The zero-order chi connectivity index (χ0) is 13.1. The largest absolute Gasteiger partial charge is 0.489 e. The van der Waals surface area contributed by atoms with Crippen LogP contribution in [-0.4, -0.2) is 0 Å². The van der Waals surface area contributed by atoms with E-state index in [-0.39, 0.29) is 12.4 Å². The Morgan fingerprint density at radius 3 is 2.33 bits per heavy atom. The lowest BCUT2D eigenvalue weighted by atomic mass is 10.2. The predicted molar refractivity (Wildman–Crippen MR) is 74.9 cm³/mol. The van der Waals surface area contributed by atoms with Crippen molar-refractivity contribution in [2.45, 2.75) is 6.61 Å². The molecule has 2 rings (SSSR count). The average Bonchev–Trinajstić information content (AvgIpc) is 2.26. The minimum absolute atomic E-state index is 0.121. The van der Waals surface area contributed by atoms with Crippen LogP contribution in [0.15, 0.2) is 40.9 Å². The third-order valence-corrected chi connectivity index (χ3v) is 3.18. The van der Waals surface area contributed by atoms with Gasteiger partial charge < -0.3 is 4.74 Å². The van der Waals surface area contributed by atoms with E-state index >= 15 is 0 Å². The van der Waals surface area contributed by atoms with Gasteiger partial charge in [0.15, 0.2) is 0 Å². The van der Waals surface area contributed by atoms with Crippen molar-refractivity contribution in [3.05, 3.63) is 62.3 Å². The fraction of sp³-hybridized carbons (Fsp3) is 0.0769. The molecule has 0 heterocycles. The van der Waals surface area contributed by atoms with E-state index in [0.29, 0.717) is 25.8 Å². The van der Waals surface area contributed by atoms with E-state index in [2.05, 4.69) is 15.9 Å². The van der Waals surface area contributed by atoms with E-state index < -0.39 is 0 Å². The minimum atomic E-state index is -0.322. The molecular weight excluding hydrogens is 342 g/mol. The van der Waals surface area contributed by atoms with Crippen LogP contribution in [0, 0.1) is 5.82 Å². The first-order valence-electron chi connectivity index (χ1n) is 5.07. The lowest BCUT2D eigenvalue weighted by Crippen LogP contribution is -1.98. The molecule has 0 aliphatic rings. The maximum atomic E-state index is 13.5. The van der Waals surface area contributed by atoms with Crippen LogP contribution in [0.3, 0.4) is 0 Å². The lowest BCUT2D eigenvalue weighted by molar-refractivity contribution is 0.300. The van der Waals surface area contributed by atoms with Gasteiger partial charge in [-0.15, -0.1) is 0 Å². The van der Waals surface area contributed by atoms with Crippen LogP contribution in [0.25, 0.3) is 0 Å². The van der Waals surface area contributed by atoms with E-state index in [1.165, 1.54) is 6.07 Å². The first-order valence-corrected chi connectivity index (χ1v) is 6.62. The summed E-state index contributed by atoms with van der Waals surface area (Å²) in [4.78, 5) is 0. The molecule has 0 amide bonds. The van der Waals surface area contributed by atoms with Gasteiger partial charge in [0.05, 0.1) is 0 Å². The molecule has 0 unspecified atom stereocenters.